The maximum absolute atomic E-state index is 12.4. The van der Waals surface area contributed by atoms with Gasteiger partial charge in [-0.05, 0) is 6.07 Å². The van der Waals surface area contributed by atoms with Gasteiger partial charge in [-0.2, -0.15) is 13.2 Å². The SMILES string of the molecule is Nc1nc(CCl)cc(C(F)(F)F)c1C(F)F. The van der Waals surface area contributed by atoms with Crippen molar-refractivity contribution in [3.63, 3.8) is 0 Å². The summed E-state index contributed by atoms with van der Waals surface area (Å²) in [5.41, 5.74) is 2.05. The van der Waals surface area contributed by atoms with E-state index in [9.17, 15) is 22.0 Å². The average molecular weight is 261 g/mol. The normalized spacial score (nSPS) is 12.2. The molecule has 2 N–H and O–H groups in total. The average Bonchev–Trinajstić information content (AvgIpc) is 2.14. The van der Waals surface area contributed by atoms with Gasteiger partial charge in [-0.1, -0.05) is 0 Å². The van der Waals surface area contributed by atoms with Crippen molar-refractivity contribution in [3.05, 3.63) is 22.9 Å². The lowest BCUT2D eigenvalue weighted by molar-refractivity contribution is -0.139. The van der Waals surface area contributed by atoms with E-state index in [1.165, 1.54) is 0 Å². The molecule has 0 bridgehead atoms. The molecule has 1 heterocycles. The van der Waals surface area contributed by atoms with Crippen LogP contribution < -0.4 is 5.73 Å². The Balaban J connectivity index is 3.47. The molecule has 0 radical (unpaired) electrons. The van der Waals surface area contributed by atoms with Crippen molar-refractivity contribution in [3.8, 4) is 0 Å². The van der Waals surface area contributed by atoms with Crippen molar-refractivity contribution in [2.75, 3.05) is 5.73 Å². The molecule has 1 aromatic heterocycles. The molecule has 1 rings (SSSR count). The smallest absolute Gasteiger partial charge is 0.383 e. The van der Waals surface area contributed by atoms with Crippen LogP contribution in [-0.2, 0) is 12.1 Å². The quantitative estimate of drug-likeness (QED) is 0.654. The van der Waals surface area contributed by atoms with Gasteiger partial charge in [0.25, 0.3) is 6.43 Å². The number of rotatable bonds is 2. The van der Waals surface area contributed by atoms with Gasteiger partial charge in [0.15, 0.2) is 0 Å². The number of nitrogens with two attached hydrogens (primary N) is 1. The molecule has 90 valence electrons. The Bertz CT molecular complexity index is 391. The fourth-order valence-electron chi connectivity index (χ4n) is 1.16. The fourth-order valence-corrected chi connectivity index (χ4v) is 1.30. The van der Waals surface area contributed by atoms with Crippen LogP contribution in [0.3, 0.4) is 0 Å². The van der Waals surface area contributed by atoms with Crippen LogP contribution in [0, 0.1) is 0 Å². The van der Waals surface area contributed by atoms with Crippen LogP contribution in [0.1, 0.15) is 23.2 Å². The summed E-state index contributed by atoms with van der Waals surface area (Å²) in [6, 6.07) is 0.477. The van der Waals surface area contributed by atoms with E-state index >= 15 is 0 Å². The van der Waals surface area contributed by atoms with Crippen molar-refractivity contribution in [2.45, 2.75) is 18.5 Å². The van der Waals surface area contributed by atoms with Crippen molar-refractivity contribution < 1.29 is 22.0 Å². The van der Waals surface area contributed by atoms with Crippen LogP contribution in [0.15, 0.2) is 6.07 Å². The molecule has 0 aliphatic heterocycles. The molecule has 0 fully saturated rings. The summed E-state index contributed by atoms with van der Waals surface area (Å²) in [4.78, 5) is 3.35. The van der Waals surface area contributed by atoms with Crippen LogP contribution in [0.4, 0.5) is 27.8 Å². The summed E-state index contributed by atoms with van der Waals surface area (Å²) in [6.07, 6.45) is -8.25. The van der Waals surface area contributed by atoms with E-state index in [0.29, 0.717) is 6.07 Å². The highest BCUT2D eigenvalue weighted by atomic mass is 35.5. The molecule has 0 unspecified atom stereocenters. The van der Waals surface area contributed by atoms with E-state index in [1.807, 2.05) is 0 Å². The molecular weight excluding hydrogens is 255 g/mol. The van der Waals surface area contributed by atoms with Crippen molar-refractivity contribution in [2.24, 2.45) is 0 Å². The second-order valence-corrected chi connectivity index (χ2v) is 3.16. The van der Waals surface area contributed by atoms with Crippen LogP contribution in [-0.4, -0.2) is 4.98 Å². The standard InChI is InChI=1S/C8H6ClF5N2/c9-2-3-1-4(8(12,13)14)5(6(10)11)7(15)16-3/h1,6H,2H2,(H2,15,16). The van der Waals surface area contributed by atoms with E-state index in [0.717, 1.165) is 0 Å². The molecule has 0 aromatic carbocycles. The summed E-state index contributed by atoms with van der Waals surface area (Å²) in [6.45, 7) is 0. The molecule has 0 saturated carbocycles. The highest BCUT2D eigenvalue weighted by Gasteiger charge is 2.37. The molecule has 0 saturated heterocycles. The lowest BCUT2D eigenvalue weighted by atomic mass is 10.1. The first kappa shape index (κ1) is 13.0. The predicted octanol–water partition coefficient (Wildman–Crippen LogP) is 3.36. The first-order chi connectivity index (χ1) is 7.27. The first-order valence-corrected chi connectivity index (χ1v) is 4.51. The lowest BCUT2D eigenvalue weighted by Crippen LogP contribution is -2.14. The molecule has 0 aliphatic rings. The summed E-state index contributed by atoms with van der Waals surface area (Å²) in [7, 11) is 0. The Morgan fingerprint density at radius 3 is 2.31 bits per heavy atom. The van der Waals surface area contributed by atoms with Crippen molar-refractivity contribution in [1.29, 1.82) is 0 Å². The molecule has 2 nitrogen and oxygen atoms in total. The van der Waals surface area contributed by atoms with Gasteiger partial charge in [0.05, 0.1) is 22.7 Å². The zero-order valence-electron chi connectivity index (χ0n) is 7.65. The summed E-state index contributed by atoms with van der Waals surface area (Å²) >= 11 is 5.28. The van der Waals surface area contributed by atoms with Crippen molar-refractivity contribution >= 4 is 17.4 Å². The highest BCUT2D eigenvalue weighted by Crippen LogP contribution is 2.39. The van der Waals surface area contributed by atoms with Crippen LogP contribution in [0.2, 0.25) is 0 Å². The predicted molar refractivity (Wildman–Crippen MR) is 48.2 cm³/mol. The molecule has 0 spiro atoms. The summed E-state index contributed by atoms with van der Waals surface area (Å²) < 4.78 is 62.1. The van der Waals surface area contributed by atoms with Gasteiger partial charge in [-0.15, -0.1) is 11.6 Å². The number of aromatic nitrogens is 1. The second kappa shape index (κ2) is 4.40. The number of alkyl halides is 6. The number of anilines is 1. The van der Waals surface area contributed by atoms with E-state index in [4.69, 9.17) is 17.3 Å². The topological polar surface area (TPSA) is 38.9 Å². The number of pyridine rings is 1. The number of nitrogens with zero attached hydrogens (tertiary/aromatic N) is 1. The number of halogens is 6. The van der Waals surface area contributed by atoms with Crippen LogP contribution in [0.5, 0.6) is 0 Å². The third kappa shape index (κ3) is 2.52. The van der Waals surface area contributed by atoms with Gasteiger partial charge in [-0.25, -0.2) is 13.8 Å². The minimum Gasteiger partial charge on any atom is -0.383 e. The minimum absolute atomic E-state index is 0.198. The van der Waals surface area contributed by atoms with Gasteiger partial charge in [0.2, 0.25) is 0 Å². The van der Waals surface area contributed by atoms with E-state index in [1.54, 1.807) is 0 Å². The Hall–Kier alpha value is -1.11. The Morgan fingerprint density at radius 2 is 1.94 bits per heavy atom. The van der Waals surface area contributed by atoms with E-state index in [2.05, 4.69) is 4.98 Å². The Morgan fingerprint density at radius 1 is 1.38 bits per heavy atom. The minimum atomic E-state index is -4.91. The lowest BCUT2D eigenvalue weighted by Gasteiger charge is -2.14. The maximum atomic E-state index is 12.4. The zero-order valence-corrected chi connectivity index (χ0v) is 8.41. The number of hydrogen-bond donors (Lipinski definition) is 1. The molecule has 0 aliphatic carbocycles. The van der Waals surface area contributed by atoms with E-state index in [-0.39, 0.29) is 11.6 Å². The molecule has 8 heteroatoms. The van der Waals surface area contributed by atoms with Gasteiger partial charge in [-0.3, -0.25) is 0 Å². The zero-order chi connectivity index (χ0) is 12.5. The van der Waals surface area contributed by atoms with Crippen LogP contribution >= 0.6 is 11.6 Å². The van der Waals surface area contributed by atoms with Gasteiger partial charge in [0.1, 0.15) is 5.82 Å². The van der Waals surface area contributed by atoms with Crippen LogP contribution in [0.25, 0.3) is 0 Å². The summed E-state index contributed by atoms with van der Waals surface area (Å²) in [5, 5.41) is 0. The van der Waals surface area contributed by atoms with Gasteiger partial charge < -0.3 is 5.73 Å². The maximum Gasteiger partial charge on any atom is 0.417 e. The Kier molecular flexibility index (Phi) is 3.57. The van der Waals surface area contributed by atoms with Crippen molar-refractivity contribution in [1.82, 2.24) is 4.98 Å². The van der Waals surface area contributed by atoms with Gasteiger partial charge in [0, 0.05) is 0 Å². The first-order valence-electron chi connectivity index (χ1n) is 3.98. The second-order valence-electron chi connectivity index (χ2n) is 2.89. The third-order valence-corrected chi connectivity index (χ3v) is 2.08. The third-order valence-electron chi connectivity index (χ3n) is 1.80. The fraction of sp³-hybridized carbons (Fsp3) is 0.375. The summed E-state index contributed by atoms with van der Waals surface area (Å²) in [5.74, 6) is -1.18. The molecule has 16 heavy (non-hydrogen) atoms. The number of hydrogen-bond acceptors (Lipinski definition) is 2. The Labute approximate surface area is 92.2 Å². The van der Waals surface area contributed by atoms with E-state index < -0.39 is 29.5 Å². The molecule has 0 amide bonds. The monoisotopic (exact) mass is 260 g/mol. The molecule has 0 atom stereocenters. The highest BCUT2D eigenvalue weighted by molar-refractivity contribution is 6.16. The number of nitrogen functional groups attached to an aromatic ring is 1. The molecule has 1 aromatic rings. The molecular formula is C8H6ClF5N2. The largest absolute Gasteiger partial charge is 0.417 e. The van der Waals surface area contributed by atoms with Gasteiger partial charge >= 0.3 is 6.18 Å².